The highest BCUT2D eigenvalue weighted by Crippen LogP contribution is 2.13. The molecule has 0 saturated carbocycles. The Morgan fingerprint density at radius 2 is 1.62 bits per heavy atom. The van der Waals surface area contributed by atoms with Gasteiger partial charge in [-0.05, 0) is 38.3 Å². The normalized spacial score (nSPS) is 13.3. The lowest BCUT2D eigenvalue weighted by Crippen LogP contribution is -2.47. The van der Waals surface area contributed by atoms with Crippen molar-refractivity contribution in [3.05, 3.63) is 84.4 Å². The summed E-state index contributed by atoms with van der Waals surface area (Å²) in [5.74, 6) is 0. The van der Waals surface area contributed by atoms with Crippen LogP contribution in [0.5, 0.6) is 0 Å². The summed E-state index contributed by atoms with van der Waals surface area (Å²) in [6.07, 6.45) is 1.34. The second-order valence-corrected chi connectivity index (χ2v) is 7.76. The highest BCUT2D eigenvalue weighted by atomic mass is 16.7. The molecule has 1 N–H and O–H groups in total. The number of ether oxygens (including phenoxy) is 3. The first-order valence-corrected chi connectivity index (χ1v) is 9.76. The SMILES string of the molecule is C=C[C@H](OCOCc1ccccc1)[C@H](Cc1ccccc1)NC(=O)OC(C)(C)C. The maximum atomic E-state index is 12.3. The number of nitrogens with one attached hydrogen (secondary N) is 1. The molecule has 2 aromatic rings. The van der Waals surface area contributed by atoms with Crippen molar-refractivity contribution >= 4 is 6.09 Å². The van der Waals surface area contributed by atoms with Gasteiger partial charge in [0.25, 0.3) is 0 Å². The molecule has 2 atom stereocenters. The molecular formula is C24H31NO4. The van der Waals surface area contributed by atoms with Gasteiger partial charge in [0.1, 0.15) is 12.4 Å². The lowest BCUT2D eigenvalue weighted by molar-refractivity contribution is -0.0907. The molecule has 0 unspecified atom stereocenters. The van der Waals surface area contributed by atoms with Gasteiger partial charge in [-0.1, -0.05) is 66.7 Å². The Labute approximate surface area is 173 Å². The zero-order valence-corrected chi connectivity index (χ0v) is 17.5. The van der Waals surface area contributed by atoms with Crippen LogP contribution in [0.1, 0.15) is 31.9 Å². The van der Waals surface area contributed by atoms with Crippen molar-refractivity contribution in [1.29, 1.82) is 0 Å². The monoisotopic (exact) mass is 397 g/mol. The number of hydrogen-bond acceptors (Lipinski definition) is 4. The minimum Gasteiger partial charge on any atom is -0.444 e. The first-order valence-electron chi connectivity index (χ1n) is 9.76. The van der Waals surface area contributed by atoms with E-state index in [0.717, 1.165) is 11.1 Å². The number of benzene rings is 2. The van der Waals surface area contributed by atoms with E-state index in [1.54, 1.807) is 6.08 Å². The van der Waals surface area contributed by atoms with Gasteiger partial charge in [0.05, 0.1) is 18.8 Å². The molecule has 0 aromatic heterocycles. The van der Waals surface area contributed by atoms with Crippen LogP contribution < -0.4 is 5.32 Å². The fourth-order valence-corrected chi connectivity index (χ4v) is 2.79. The summed E-state index contributed by atoms with van der Waals surface area (Å²) >= 11 is 0. The summed E-state index contributed by atoms with van der Waals surface area (Å²) in [6, 6.07) is 19.4. The van der Waals surface area contributed by atoms with E-state index in [1.807, 2.05) is 81.4 Å². The van der Waals surface area contributed by atoms with Gasteiger partial charge in [-0.15, -0.1) is 6.58 Å². The number of carbonyl (C=O) groups is 1. The largest absolute Gasteiger partial charge is 0.444 e. The smallest absolute Gasteiger partial charge is 0.407 e. The molecule has 0 aliphatic heterocycles. The third-order valence-electron chi connectivity index (χ3n) is 4.08. The third-order valence-corrected chi connectivity index (χ3v) is 4.08. The summed E-state index contributed by atoms with van der Waals surface area (Å²) in [7, 11) is 0. The van der Waals surface area contributed by atoms with Crippen molar-refractivity contribution in [3.63, 3.8) is 0 Å². The zero-order chi connectivity index (χ0) is 21.1. The Balaban J connectivity index is 1.97. The molecule has 0 aliphatic carbocycles. The lowest BCUT2D eigenvalue weighted by Gasteiger charge is -2.28. The Kier molecular flexibility index (Phi) is 8.90. The maximum absolute atomic E-state index is 12.3. The van der Waals surface area contributed by atoms with E-state index >= 15 is 0 Å². The van der Waals surface area contributed by atoms with E-state index < -0.39 is 17.8 Å². The van der Waals surface area contributed by atoms with Gasteiger partial charge in [0, 0.05) is 0 Å². The van der Waals surface area contributed by atoms with Crippen LogP contribution >= 0.6 is 0 Å². The third kappa shape index (κ3) is 8.94. The standard InChI is InChI=1S/C24H31NO4/c1-5-22(28-18-27-17-20-14-10-7-11-15-20)21(16-19-12-8-6-9-13-19)25-23(26)29-24(2,3)4/h5-15,21-22H,1,16-18H2,2-4H3,(H,25,26)/t21-,22-/m0/s1. The average molecular weight is 398 g/mol. The molecule has 1 amide bonds. The quantitative estimate of drug-likeness (QED) is 0.353. The van der Waals surface area contributed by atoms with E-state index in [0.29, 0.717) is 13.0 Å². The molecule has 0 aliphatic rings. The Morgan fingerprint density at radius 3 is 2.17 bits per heavy atom. The van der Waals surface area contributed by atoms with Crippen LogP contribution in [0.15, 0.2) is 73.3 Å². The predicted octanol–water partition coefficient (Wildman–Crippen LogP) is 4.87. The van der Waals surface area contributed by atoms with Gasteiger partial charge in [0.15, 0.2) is 0 Å². The molecule has 0 saturated heterocycles. The van der Waals surface area contributed by atoms with Crippen molar-refractivity contribution < 1.29 is 19.0 Å². The molecule has 0 bridgehead atoms. The fourth-order valence-electron chi connectivity index (χ4n) is 2.79. The van der Waals surface area contributed by atoms with Gasteiger partial charge in [0.2, 0.25) is 0 Å². The van der Waals surface area contributed by atoms with Crippen LogP contribution in [0.2, 0.25) is 0 Å². The molecule has 5 nitrogen and oxygen atoms in total. The number of rotatable bonds is 10. The number of carbonyl (C=O) groups excluding carboxylic acids is 1. The molecule has 0 spiro atoms. The second kappa shape index (κ2) is 11.4. The maximum Gasteiger partial charge on any atom is 0.407 e. The van der Waals surface area contributed by atoms with Gasteiger partial charge in [-0.2, -0.15) is 0 Å². The predicted molar refractivity (Wildman–Crippen MR) is 114 cm³/mol. The van der Waals surface area contributed by atoms with E-state index in [2.05, 4.69) is 11.9 Å². The van der Waals surface area contributed by atoms with Crippen molar-refractivity contribution in [1.82, 2.24) is 5.32 Å². The highest BCUT2D eigenvalue weighted by molar-refractivity contribution is 5.68. The molecule has 0 radical (unpaired) electrons. The van der Waals surface area contributed by atoms with Gasteiger partial charge >= 0.3 is 6.09 Å². The van der Waals surface area contributed by atoms with Crippen molar-refractivity contribution in [2.45, 2.75) is 51.5 Å². The van der Waals surface area contributed by atoms with Gasteiger partial charge in [-0.25, -0.2) is 4.79 Å². The van der Waals surface area contributed by atoms with Gasteiger partial charge < -0.3 is 19.5 Å². The van der Waals surface area contributed by atoms with Crippen LogP contribution in [-0.4, -0.2) is 30.6 Å². The number of alkyl carbamates (subject to hydrolysis) is 1. The molecule has 2 rings (SSSR count). The van der Waals surface area contributed by atoms with Crippen molar-refractivity contribution in [2.75, 3.05) is 6.79 Å². The molecule has 0 heterocycles. The van der Waals surface area contributed by atoms with E-state index in [-0.39, 0.29) is 12.8 Å². The summed E-state index contributed by atoms with van der Waals surface area (Å²) < 4.78 is 16.9. The zero-order valence-electron chi connectivity index (χ0n) is 17.5. The van der Waals surface area contributed by atoms with Crippen molar-refractivity contribution in [2.24, 2.45) is 0 Å². The molecule has 29 heavy (non-hydrogen) atoms. The summed E-state index contributed by atoms with van der Waals surface area (Å²) in [5.41, 5.74) is 1.57. The minimum absolute atomic E-state index is 0.0901. The van der Waals surface area contributed by atoms with E-state index in [1.165, 1.54) is 0 Å². The number of amides is 1. The lowest BCUT2D eigenvalue weighted by atomic mass is 10.0. The van der Waals surface area contributed by atoms with E-state index in [4.69, 9.17) is 14.2 Å². The molecule has 156 valence electrons. The Morgan fingerprint density at radius 1 is 1.03 bits per heavy atom. The summed E-state index contributed by atoms with van der Waals surface area (Å²) in [4.78, 5) is 12.3. The molecule has 5 heteroatoms. The van der Waals surface area contributed by atoms with E-state index in [9.17, 15) is 4.79 Å². The first-order chi connectivity index (χ1) is 13.9. The molecule has 0 fully saturated rings. The Hall–Kier alpha value is -2.63. The van der Waals surface area contributed by atoms with Crippen LogP contribution in [0.25, 0.3) is 0 Å². The van der Waals surface area contributed by atoms with Crippen LogP contribution in [0.4, 0.5) is 4.79 Å². The fraction of sp³-hybridized carbons (Fsp3) is 0.375. The highest BCUT2D eigenvalue weighted by Gasteiger charge is 2.25. The van der Waals surface area contributed by atoms with Crippen LogP contribution in [0, 0.1) is 0 Å². The molecule has 2 aromatic carbocycles. The average Bonchev–Trinajstić information content (AvgIpc) is 2.68. The summed E-state index contributed by atoms with van der Waals surface area (Å²) in [5, 5.41) is 2.92. The van der Waals surface area contributed by atoms with Gasteiger partial charge in [-0.3, -0.25) is 0 Å². The van der Waals surface area contributed by atoms with Crippen LogP contribution in [-0.2, 0) is 27.2 Å². The number of hydrogen-bond donors (Lipinski definition) is 1. The van der Waals surface area contributed by atoms with Crippen LogP contribution in [0.3, 0.4) is 0 Å². The molecular weight excluding hydrogens is 366 g/mol. The minimum atomic E-state index is -0.579. The topological polar surface area (TPSA) is 56.8 Å². The summed E-state index contributed by atoms with van der Waals surface area (Å²) in [6.45, 7) is 9.90. The Bertz CT molecular complexity index is 740. The van der Waals surface area contributed by atoms with Crippen molar-refractivity contribution in [3.8, 4) is 0 Å². The second-order valence-electron chi connectivity index (χ2n) is 7.76. The first kappa shape index (κ1) is 22.7.